The van der Waals surface area contributed by atoms with Gasteiger partial charge in [0.2, 0.25) is 0 Å². The Kier molecular flexibility index (Phi) is 2.88. The molecule has 0 aliphatic heterocycles. The summed E-state index contributed by atoms with van der Waals surface area (Å²) in [5, 5.41) is 14.4. The van der Waals surface area contributed by atoms with E-state index in [-0.39, 0.29) is 9.92 Å². The van der Waals surface area contributed by atoms with Crippen LogP contribution in [0.4, 0.5) is 5.00 Å². The van der Waals surface area contributed by atoms with Crippen LogP contribution in [0.25, 0.3) is 0 Å². The number of nitro groups is 1. The molecule has 5 heteroatoms. The molecule has 0 aromatic carbocycles. The lowest BCUT2D eigenvalue weighted by molar-refractivity contribution is -0.380. The SMILES string of the molecule is O=[N+]([O-])c1ccc(CNC2CC3CCC2C3)s1. The van der Waals surface area contributed by atoms with Gasteiger partial charge < -0.3 is 5.32 Å². The zero-order valence-corrected chi connectivity index (χ0v) is 10.4. The number of nitrogens with zero attached hydrogens (tertiary/aromatic N) is 1. The molecule has 2 aliphatic rings. The van der Waals surface area contributed by atoms with Crippen LogP contribution in [0.5, 0.6) is 0 Å². The minimum absolute atomic E-state index is 0.245. The molecule has 0 spiro atoms. The van der Waals surface area contributed by atoms with Crippen molar-refractivity contribution in [3.63, 3.8) is 0 Å². The van der Waals surface area contributed by atoms with Crippen LogP contribution in [0.1, 0.15) is 30.6 Å². The largest absolute Gasteiger partial charge is 0.324 e. The van der Waals surface area contributed by atoms with Crippen LogP contribution < -0.4 is 5.32 Å². The van der Waals surface area contributed by atoms with Crippen molar-refractivity contribution < 1.29 is 4.92 Å². The van der Waals surface area contributed by atoms with Crippen molar-refractivity contribution in [3.05, 3.63) is 27.1 Å². The summed E-state index contributed by atoms with van der Waals surface area (Å²) in [7, 11) is 0. The van der Waals surface area contributed by atoms with Crippen molar-refractivity contribution in [2.75, 3.05) is 0 Å². The molecule has 2 fully saturated rings. The maximum Gasteiger partial charge on any atom is 0.324 e. The van der Waals surface area contributed by atoms with Gasteiger partial charge in [-0.25, -0.2) is 0 Å². The van der Waals surface area contributed by atoms with Gasteiger partial charge in [-0.1, -0.05) is 17.8 Å². The Bertz CT molecular complexity index is 432. The predicted molar refractivity (Wildman–Crippen MR) is 67.0 cm³/mol. The number of nitrogens with one attached hydrogen (secondary N) is 1. The smallest absolute Gasteiger partial charge is 0.309 e. The van der Waals surface area contributed by atoms with Crippen molar-refractivity contribution in [1.82, 2.24) is 5.32 Å². The summed E-state index contributed by atoms with van der Waals surface area (Å²) in [6.45, 7) is 0.784. The normalized spacial score (nSPS) is 30.9. The average molecular weight is 252 g/mol. The highest BCUT2D eigenvalue weighted by atomic mass is 32.1. The standard InChI is InChI=1S/C12H16N2O2S/c15-14(16)12-4-3-10(17-12)7-13-11-6-8-1-2-9(11)5-8/h3-4,8-9,11,13H,1-2,5-7H2. The minimum atomic E-state index is -0.314. The topological polar surface area (TPSA) is 55.2 Å². The number of hydrogen-bond acceptors (Lipinski definition) is 4. The zero-order chi connectivity index (χ0) is 11.8. The first-order chi connectivity index (χ1) is 8.22. The van der Waals surface area contributed by atoms with Crippen LogP contribution in [0.3, 0.4) is 0 Å². The fourth-order valence-electron chi connectivity index (χ4n) is 3.29. The van der Waals surface area contributed by atoms with Crippen molar-refractivity contribution >= 4 is 16.3 Å². The van der Waals surface area contributed by atoms with Gasteiger partial charge in [-0.05, 0) is 37.2 Å². The lowest BCUT2D eigenvalue weighted by Gasteiger charge is -2.22. The lowest BCUT2D eigenvalue weighted by atomic mass is 9.95. The average Bonchev–Trinajstić information content (AvgIpc) is 3.02. The van der Waals surface area contributed by atoms with Gasteiger partial charge in [-0.15, -0.1) is 0 Å². The maximum atomic E-state index is 10.6. The molecule has 3 rings (SSSR count). The van der Waals surface area contributed by atoms with E-state index in [0.717, 1.165) is 23.3 Å². The van der Waals surface area contributed by atoms with Gasteiger partial charge in [0, 0.05) is 23.5 Å². The molecular formula is C12H16N2O2S. The lowest BCUT2D eigenvalue weighted by Crippen LogP contribution is -2.33. The van der Waals surface area contributed by atoms with E-state index in [2.05, 4.69) is 5.32 Å². The van der Waals surface area contributed by atoms with Crippen molar-refractivity contribution in [2.45, 2.75) is 38.3 Å². The number of rotatable bonds is 4. The minimum Gasteiger partial charge on any atom is -0.309 e. The second-order valence-electron chi connectivity index (χ2n) is 5.16. The first-order valence-corrected chi connectivity index (χ1v) is 7.00. The van der Waals surface area contributed by atoms with Gasteiger partial charge in [0.15, 0.2) is 0 Å². The fourth-order valence-corrected chi connectivity index (χ4v) is 4.06. The van der Waals surface area contributed by atoms with E-state index in [1.54, 1.807) is 6.07 Å². The first-order valence-electron chi connectivity index (χ1n) is 6.19. The predicted octanol–water partition coefficient (Wildman–Crippen LogP) is 2.93. The fraction of sp³-hybridized carbons (Fsp3) is 0.667. The Morgan fingerprint density at radius 3 is 2.88 bits per heavy atom. The van der Waals surface area contributed by atoms with Crippen LogP contribution in [-0.4, -0.2) is 11.0 Å². The highest BCUT2D eigenvalue weighted by Crippen LogP contribution is 2.44. The Labute approximate surface area is 104 Å². The molecule has 3 unspecified atom stereocenters. The first kappa shape index (κ1) is 11.2. The van der Waals surface area contributed by atoms with Gasteiger partial charge in [-0.3, -0.25) is 10.1 Å². The van der Waals surface area contributed by atoms with Gasteiger partial charge in [0.1, 0.15) is 0 Å². The van der Waals surface area contributed by atoms with Gasteiger partial charge >= 0.3 is 5.00 Å². The van der Waals surface area contributed by atoms with Crippen LogP contribution in [-0.2, 0) is 6.54 Å². The van der Waals surface area contributed by atoms with Gasteiger partial charge in [0.25, 0.3) is 0 Å². The second-order valence-corrected chi connectivity index (χ2v) is 6.31. The molecule has 1 aromatic heterocycles. The quantitative estimate of drug-likeness (QED) is 0.662. The molecule has 2 bridgehead atoms. The Hall–Kier alpha value is -0.940. The van der Waals surface area contributed by atoms with E-state index in [0.29, 0.717) is 6.04 Å². The summed E-state index contributed by atoms with van der Waals surface area (Å²) in [5.74, 6) is 1.80. The Morgan fingerprint density at radius 2 is 2.29 bits per heavy atom. The summed E-state index contributed by atoms with van der Waals surface area (Å²) in [6.07, 6.45) is 5.47. The van der Waals surface area contributed by atoms with Crippen molar-refractivity contribution in [2.24, 2.45) is 11.8 Å². The third kappa shape index (κ3) is 2.21. The molecule has 1 heterocycles. The molecule has 2 aliphatic carbocycles. The van der Waals surface area contributed by atoms with Crippen LogP contribution in [0, 0.1) is 22.0 Å². The number of fused-ring (bicyclic) bond motifs is 2. The molecule has 17 heavy (non-hydrogen) atoms. The second kappa shape index (κ2) is 4.38. The van der Waals surface area contributed by atoms with E-state index in [9.17, 15) is 10.1 Å². The Morgan fingerprint density at radius 1 is 1.41 bits per heavy atom. The molecule has 3 atom stereocenters. The van der Waals surface area contributed by atoms with E-state index in [4.69, 9.17) is 0 Å². The van der Waals surface area contributed by atoms with Gasteiger partial charge in [-0.2, -0.15) is 0 Å². The summed E-state index contributed by atoms with van der Waals surface area (Å²) in [5.41, 5.74) is 0. The van der Waals surface area contributed by atoms with Crippen LogP contribution in [0.2, 0.25) is 0 Å². The Balaban J connectivity index is 1.55. The highest BCUT2D eigenvalue weighted by molar-refractivity contribution is 7.15. The maximum absolute atomic E-state index is 10.6. The summed E-state index contributed by atoms with van der Waals surface area (Å²) < 4.78 is 0. The van der Waals surface area contributed by atoms with Crippen LogP contribution >= 0.6 is 11.3 Å². The summed E-state index contributed by atoms with van der Waals surface area (Å²) in [6, 6.07) is 4.11. The van der Waals surface area contributed by atoms with Crippen molar-refractivity contribution in [3.8, 4) is 0 Å². The molecule has 4 nitrogen and oxygen atoms in total. The molecule has 92 valence electrons. The number of thiophene rings is 1. The molecule has 0 saturated heterocycles. The molecule has 1 N–H and O–H groups in total. The zero-order valence-electron chi connectivity index (χ0n) is 9.59. The van der Waals surface area contributed by atoms with Crippen molar-refractivity contribution in [1.29, 1.82) is 0 Å². The molecule has 1 aromatic rings. The highest BCUT2D eigenvalue weighted by Gasteiger charge is 2.38. The molecule has 0 amide bonds. The third-order valence-electron chi connectivity index (χ3n) is 4.10. The van der Waals surface area contributed by atoms with E-state index in [1.807, 2.05) is 6.07 Å². The van der Waals surface area contributed by atoms with E-state index in [1.165, 1.54) is 37.0 Å². The molecular weight excluding hydrogens is 236 g/mol. The van der Waals surface area contributed by atoms with Gasteiger partial charge in [0.05, 0.1) is 4.92 Å². The third-order valence-corrected chi connectivity index (χ3v) is 5.14. The van der Waals surface area contributed by atoms with E-state index >= 15 is 0 Å². The molecule has 0 radical (unpaired) electrons. The monoisotopic (exact) mass is 252 g/mol. The summed E-state index contributed by atoms with van der Waals surface area (Å²) >= 11 is 1.28. The molecule has 2 saturated carbocycles. The van der Waals surface area contributed by atoms with E-state index < -0.39 is 0 Å². The summed E-state index contributed by atoms with van der Waals surface area (Å²) in [4.78, 5) is 11.3. The number of hydrogen-bond donors (Lipinski definition) is 1. The van der Waals surface area contributed by atoms with Crippen LogP contribution in [0.15, 0.2) is 12.1 Å².